The van der Waals surface area contributed by atoms with Crippen molar-refractivity contribution in [3.63, 3.8) is 0 Å². The molecule has 16 heavy (non-hydrogen) atoms. The van der Waals surface area contributed by atoms with E-state index in [1.54, 1.807) is 0 Å². The first-order valence-electron chi connectivity index (χ1n) is 5.55. The molecule has 0 bridgehead atoms. The first kappa shape index (κ1) is 12.7. The van der Waals surface area contributed by atoms with Crippen molar-refractivity contribution in [1.82, 2.24) is 4.90 Å². The third kappa shape index (κ3) is 4.47. The Bertz CT molecular complexity index is 325. The molecule has 0 radical (unpaired) electrons. The van der Waals surface area contributed by atoms with E-state index < -0.39 is 0 Å². The largest absolute Gasteiger partial charge is 0.399 e. The van der Waals surface area contributed by atoms with E-state index in [1.807, 2.05) is 24.3 Å². The molecule has 0 aliphatic heterocycles. The van der Waals surface area contributed by atoms with Crippen molar-refractivity contribution in [1.29, 1.82) is 0 Å². The molecule has 0 atom stereocenters. The van der Waals surface area contributed by atoms with Crippen molar-refractivity contribution >= 4 is 5.69 Å². The van der Waals surface area contributed by atoms with E-state index in [9.17, 15) is 0 Å². The van der Waals surface area contributed by atoms with Crippen molar-refractivity contribution in [3.05, 3.63) is 42.5 Å². The number of nitrogens with zero attached hydrogens (tertiary/aromatic N) is 1. The number of nitrogens with two attached hydrogens (primary N) is 1. The highest BCUT2D eigenvalue weighted by molar-refractivity contribution is 5.40. The Balaban J connectivity index is 2.44. The summed E-state index contributed by atoms with van der Waals surface area (Å²) in [5.74, 6) is 0. The van der Waals surface area contributed by atoms with Crippen LogP contribution < -0.4 is 5.73 Å². The number of rotatable bonds is 7. The minimum Gasteiger partial charge on any atom is -0.399 e. The molecule has 88 valence electrons. The molecule has 0 aromatic heterocycles. The molecule has 0 aliphatic rings. The van der Waals surface area contributed by atoms with Crippen molar-refractivity contribution in [2.75, 3.05) is 32.0 Å². The minimum atomic E-state index is 0.185. The Kier molecular flexibility index (Phi) is 5.61. The first-order chi connectivity index (χ1) is 7.76. The van der Waals surface area contributed by atoms with Gasteiger partial charge in [0.15, 0.2) is 0 Å². The molecule has 3 heteroatoms. The average Bonchev–Trinajstić information content (AvgIpc) is 2.27. The lowest BCUT2D eigenvalue weighted by molar-refractivity contribution is 0.210. The fourth-order valence-electron chi connectivity index (χ4n) is 1.65. The Morgan fingerprint density at radius 2 is 2.19 bits per heavy atom. The van der Waals surface area contributed by atoms with E-state index in [4.69, 9.17) is 10.8 Å². The molecule has 0 saturated carbocycles. The third-order valence-electron chi connectivity index (χ3n) is 2.47. The van der Waals surface area contributed by atoms with Gasteiger partial charge in [-0.3, -0.25) is 4.90 Å². The molecule has 3 N–H and O–H groups in total. The minimum absolute atomic E-state index is 0.185. The van der Waals surface area contributed by atoms with Crippen LogP contribution in [0, 0.1) is 0 Å². The topological polar surface area (TPSA) is 49.5 Å². The average molecular weight is 220 g/mol. The van der Waals surface area contributed by atoms with Gasteiger partial charge in [-0.15, -0.1) is 6.58 Å². The van der Waals surface area contributed by atoms with Crippen LogP contribution in [0.3, 0.4) is 0 Å². The van der Waals surface area contributed by atoms with Crippen LogP contribution in [0.1, 0.15) is 5.56 Å². The lowest BCUT2D eigenvalue weighted by atomic mass is 10.1. The summed E-state index contributed by atoms with van der Waals surface area (Å²) >= 11 is 0. The summed E-state index contributed by atoms with van der Waals surface area (Å²) in [5.41, 5.74) is 7.74. The number of nitrogen functional groups attached to an aromatic ring is 1. The van der Waals surface area contributed by atoms with E-state index in [-0.39, 0.29) is 6.61 Å². The van der Waals surface area contributed by atoms with Gasteiger partial charge in [0.2, 0.25) is 0 Å². The highest BCUT2D eigenvalue weighted by Crippen LogP contribution is 2.07. The fraction of sp³-hybridized carbons (Fsp3) is 0.385. The van der Waals surface area contributed by atoms with Crippen LogP contribution in [0.25, 0.3) is 0 Å². The van der Waals surface area contributed by atoms with Gasteiger partial charge in [-0.25, -0.2) is 0 Å². The molecule has 0 unspecified atom stereocenters. The van der Waals surface area contributed by atoms with Crippen LogP contribution >= 0.6 is 0 Å². The maximum atomic E-state index is 8.91. The Morgan fingerprint density at radius 1 is 1.38 bits per heavy atom. The van der Waals surface area contributed by atoms with Crippen molar-refractivity contribution < 1.29 is 5.11 Å². The number of benzene rings is 1. The molecule has 0 fully saturated rings. The summed E-state index contributed by atoms with van der Waals surface area (Å²) in [6, 6.07) is 7.92. The molecule has 0 aliphatic carbocycles. The van der Waals surface area contributed by atoms with Crippen LogP contribution in [-0.4, -0.2) is 36.2 Å². The van der Waals surface area contributed by atoms with Crippen LogP contribution in [0.2, 0.25) is 0 Å². The maximum Gasteiger partial charge on any atom is 0.0558 e. The van der Waals surface area contributed by atoms with E-state index >= 15 is 0 Å². The number of hydrogen-bond acceptors (Lipinski definition) is 3. The summed E-state index contributed by atoms with van der Waals surface area (Å²) in [4.78, 5) is 2.16. The Labute approximate surface area is 97.2 Å². The fourth-order valence-corrected chi connectivity index (χ4v) is 1.65. The highest BCUT2D eigenvalue weighted by Gasteiger charge is 2.02. The van der Waals surface area contributed by atoms with Gasteiger partial charge in [0.1, 0.15) is 0 Å². The number of aliphatic hydroxyl groups is 1. The Morgan fingerprint density at radius 3 is 2.81 bits per heavy atom. The van der Waals surface area contributed by atoms with Crippen molar-refractivity contribution in [2.24, 2.45) is 0 Å². The number of hydrogen-bond donors (Lipinski definition) is 2. The summed E-state index contributed by atoms with van der Waals surface area (Å²) < 4.78 is 0. The van der Waals surface area contributed by atoms with Gasteiger partial charge in [0, 0.05) is 25.3 Å². The monoisotopic (exact) mass is 220 g/mol. The van der Waals surface area contributed by atoms with Crippen LogP contribution in [0.5, 0.6) is 0 Å². The first-order valence-corrected chi connectivity index (χ1v) is 5.55. The summed E-state index contributed by atoms with van der Waals surface area (Å²) in [6.45, 7) is 6.30. The molecular weight excluding hydrogens is 200 g/mol. The summed E-state index contributed by atoms with van der Waals surface area (Å²) in [6.07, 6.45) is 2.80. The maximum absolute atomic E-state index is 8.91. The lowest BCUT2D eigenvalue weighted by Crippen LogP contribution is -2.29. The SMILES string of the molecule is C=CCN(CCO)CCc1cccc(N)c1. The third-order valence-corrected chi connectivity index (χ3v) is 2.47. The van der Waals surface area contributed by atoms with E-state index in [2.05, 4.69) is 17.5 Å². The molecule has 0 spiro atoms. The number of aliphatic hydroxyl groups excluding tert-OH is 1. The number of anilines is 1. The van der Waals surface area contributed by atoms with E-state index in [0.29, 0.717) is 6.54 Å². The van der Waals surface area contributed by atoms with E-state index in [0.717, 1.165) is 25.2 Å². The normalized spacial score (nSPS) is 10.6. The van der Waals surface area contributed by atoms with Gasteiger partial charge >= 0.3 is 0 Å². The predicted molar refractivity (Wildman–Crippen MR) is 68.3 cm³/mol. The summed E-state index contributed by atoms with van der Waals surface area (Å²) in [5, 5.41) is 8.91. The van der Waals surface area contributed by atoms with Gasteiger partial charge < -0.3 is 10.8 Å². The molecule has 1 aromatic rings. The molecular formula is C13H20N2O. The molecule has 0 amide bonds. The summed E-state index contributed by atoms with van der Waals surface area (Å²) in [7, 11) is 0. The van der Waals surface area contributed by atoms with Gasteiger partial charge in [0.05, 0.1) is 6.61 Å². The predicted octanol–water partition coefficient (Wildman–Crippen LogP) is 1.29. The van der Waals surface area contributed by atoms with Crippen molar-refractivity contribution in [3.8, 4) is 0 Å². The van der Waals surface area contributed by atoms with Gasteiger partial charge in [-0.05, 0) is 24.1 Å². The Hall–Kier alpha value is -1.32. The van der Waals surface area contributed by atoms with Crippen LogP contribution in [0.4, 0.5) is 5.69 Å². The van der Waals surface area contributed by atoms with Gasteiger partial charge in [-0.1, -0.05) is 18.2 Å². The second-order valence-corrected chi connectivity index (χ2v) is 3.81. The van der Waals surface area contributed by atoms with Gasteiger partial charge in [-0.2, -0.15) is 0 Å². The smallest absolute Gasteiger partial charge is 0.0558 e. The molecule has 0 heterocycles. The van der Waals surface area contributed by atoms with Gasteiger partial charge in [0.25, 0.3) is 0 Å². The molecule has 1 aromatic carbocycles. The zero-order valence-corrected chi connectivity index (χ0v) is 9.60. The lowest BCUT2D eigenvalue weighted by Gasteiger charge is -2.19. The standard InChI is InChI=1S/C13H20N2O/c1-2-7-15(9-10-16)8-6-12-4-3-5-13(14)11-12/h2-5,11,16H,1,6-10,14H2. The molecule has 0 saturated heterocycles. The zero-order chi connectivity index (χ0) is 11.8. The van der Waals surface area contributed by atoms with E-state index in [1.165, 1.54) is 5.56 Å². The van der Waals surface area contributed by atoms with Crippen LogP contribution in [0.15, 0.2) is 36.9 Å². The van der Waals surface area contributed by atoms with Crippen LogP contribution in [-0.2, 0) is 6.42 Å². The van der Waals surface area contributed by atoms with Crippen molar-refractivity contribution in [2.45, 2.75) is 6.42 Å². The second kappa shape index (κ2) is 7.04. The highest BCUT2D eigenvalue weighted by atomic mass is 16.3. The second-order valence-electron chi connectivity index (χ2n) is 3.81. The quantitative estimate of drug-likeness (QED) is 0.538. The molecule has 3 nitrogen and oxygen atoms in total. The zero-order valence-electron chi connectivity index (χ0n) is 9.60. The molecule has 1 rings (SSSR count).